The molecule has 112 heavy (non-hydrogen) atoms. The Kier molecular flexibility index (Phi) is 77.3. The summed E-state index contributed by atoms with van der Waals surface area (Å²) >= 11 is 28.7. The van der Waals surface area contributed by atoms with Gasteiger partial charge in [-0.15, -0.1) is 118 Å². The minimum absolute atomic E-state index is 0.0835. The lowest BCUT2D eigenvalue weighted by Gasteiger charge is -2.47. The SMILES string of the molecule is CCCCCCCCSc1ccc(SC(SCCCCCCCC)(SCCCCCCCC)C2CCC(C(SCCCCCCCC)(SCCCCCCCC)Sc3ccc(SCCCCCCCC)c(SCCCCCCCC)c3SCCCCCCCC)CC2)c(SCCCCCCCC)c1SCCCCCCCC. The van der Waals surface area contributed by atoms with Crippen molar-refractivity contribution in [2.24, 2.45) is 11.8 Å². The molecular weight excluding hydrogens is 1590 g/mol. The summed E-state index contributed by atoms with van der Waals surface area (Å²) in [6.45, 7) is 23.9. The molecule has 12 heteroatoms. The maximum atomic E-state index is 2.75. The first kappa shape index (κ1) is 109. The van der Waals surface area contributed by atoms with E-state index in [4.69, 9.17) is 0 Å². The molecule has 1 fully saturated rings. The first-order chi connectivity index (χ1) is 55.3. The molecule has 0 N–H and O–H groups in total. The Morgan fingerprint density at radius 3 is 0.536 bits per heavy atom. The summed E-state index contributed by atoms with van der Waals surface area (Å²) < 4.78 is 0.167. The number of hydrogen-bond donors (Lipinski definition) is 0. The van der Waals surface area contributed by atoms with Crippen LogP contribution in [0.4, 0.5) is 0 Å². The number of rotatable bonds is 86. The van der Waals surface area contributed by atoms with E-state index in [0.29, 0.717) is 11.8 Å². The van der Waals surface area contributed by atoms with Gasteiger partial charge in [-0.25, -0.2) is 0 Å². The average Bonchev–Trinajstić information content (AvgIpc) is 0.432. The van der Waals surface area contributed by atoms with Crippen molar-refractivity contribution in [2.75, 3.05) is 57.5 Å². The Morgan fingerprint density at radius 1 is 0.188 bits per heavy atom. The van der Waals surface area contributed by atoms with Crippen molar-refractivity contribution in [3.63, 3.8) is 0 Å². The summed E-state index contributed by atoms with van der Waals surface area (Å²) in [5.74, 6) is 14.1. The Balaban J connectivity index is 2.44. The number of hydrogen-bond acceptors (Lipinski definition) is 12. The van der Waals surface area contributed by atoms with E-state index in [-0.39, 0.29) is 6.82 Å². The first-order valence-electron chi connectivity index (χ1n) is 49.3. The van der Waals surface area contributed by atoms with Crippen molar-refractivity contribution < 1.29 is 0 Å². The molecular formula is C100H184S12. The minimum Gasteiger partial charge on any atom is -0.133 e. The van der Waals surface area contributed by atoms with E-state index in [1.807, 2.05) is 0 Å². The van der Waals surface area contributed by atoms with Gasteiger partial charge in [-0.1, -0.05) is 414 Å². The molecule has 0 nitrogen and oxygen atoms in total. The van der Waals surface area contributed by atoms with Crippen LogP contribution in [0.15, 0.2) is 63.4 Å². The Hall–Kier alpha value is 2.64. The molecule has 0 unspecified atom stereocenters. The van der Waals surface area contributed by atoms with Crippen LogP contribution in [0.5, 0.6) is 0 Å². The van der Waals surface area contributed by atoms with E-state index >= 15 is 0 Å². The minimum atomic E-state index is 0.0835. The summed E-state index contributed by atoms with van der Waals surface area (Å²) in [6.07, 6.45) is 88.4. The lowest BCUT2D eigenvalue weighted by molar-refractivity contribution is 0.289. The van der Waals surface area contributed by atoms with Crippen LogP contribution in [-0.4, -0.2) is 64.4 Å². The molecule has 0 bridgehead atoms. The zero-order valence-electron chi connectivity index (χ0n) is 75.7. The standard InChI is InChI=1S/C100H184S12/c1-11-21-31-41-51-61-79-101-91-75-77-93(97(105-83-65-55-45-35-25-15-5)95(91)103-81-63-53-43-33-23-13-3)111-99(107-85-67-57-47-37-27-17-7,108-86-68-58-48-38-28-18-8)89-71-73-90(74-72-89)100(109-87-69-59-49-39-29-19-9,110-88-70-60-50-40-30-20-10)112-94-78-76-92(102-80-62-52-42-32-22-12-2)96(104-82-64-54-44-34-24-14-4)98(94)106-84-66-56-46-36-26-16-6/h75-78,89-90H,11-74,79-88H2,1-10H3. The van der Waals surface area contributed by atoms with Crippen molar-refractivity contribution in [1.29, 1.82) is 0 Å². The van der Waals surface area contributed by atoms with Crippen molar-refractivity contribution >= 4 is 141 Å². The Morgan fingerprint density at radius 2 is 0.339 bits per heavy atom. The molecule has 0 radical (unpaired) electrons. The summed E-state index contributed by atoms with van der Waals surface area (Å²) in [7, 11) is 0. The van der Waals surface area contributed by atoms with Crippen LogP contribution in [0.25, 0.3) is 0 Å². The molecule has 3 rings (SSSR count). The summed E-state index contributed by atoms with van der Waals surface area (Å²) in [5.41, 5.74) is 0. The molecule has 0 amide bonds. The third kappa shape index (κ3) is 53.1. The zero-order chi connectivity index (χ0) is 80.4. The quantitative estimate of drug-likeness (QED) is 0.0352. The van der Waals surface area contributed by atoms with Gasteiger partial charge in [-0.05, 0) is 184 Å². The number of benzene rings is 2. The van der Waals surface area contributed by atoms with E-state index in [1.165, 1.54) is 468 Å². The number of thioether (sulfide) groups is 12. The fourth-order valence-corrected chi connectivity index (χ4v) is 35.1. The largest absolute Gasteiger partial charge is 0.133 e. The smallest absolute Gasteiger partial charge is 0.114 e. The van der Waals surface area contributed by atoms with Crippen LogP contribution in [0.3, 0.4) is 0 Å². The molecule has 2 aromatic rings. The monoisotopic (exact) mass is 1770 g/mol. The van der Waals surface area contributed by atoms with Gasteiger partial charge in [0.15, 0.2) is 0 Å². The lowest BCUT2D eigenvalue weighted by atomic mass is 9.83. The molecule has 656 valence electrons. The van der Waals surface area contributed by atoms with Gasteiger partial charge in [-0.2, -0.15) is 0 Å². The highest BCUT2D eigenvalue weighted by molar-refractivity contribution is 8.34. The van der Waals surface area contributed by atoms with E-state index in [2.05, 4.69) is 235 Å². The van der Waals surface area contributed by atoms with Gasteiger partial charge in [0.05, 0.1) is 0 Å². The van der Waals surface area contributed by atoms with Gasteiger partial charge in [0.25, 0.3) is 0 Å². The molecule has 0 aromatic heterocycles. The first-order valence-corrected chi connectivity index (χ1v) is 60.8. The molecule has 1 aliphatic carbocycles. The predicted octanol–water partition coefficient (Wildman–Crippen LogP) is 40.8. The van der Waals surface area contributed by atoms with Gasteiger partial charge in [0.2, 0.25) is 0 Å². The van der Waals surface area contributed by atoms with Crippen LogP contribution in [-0.2, 0) is 0 Å². The van der Waals surface area contributed by atoms with Gasteiger partial charge >= 0.3 is 0 Å². The molecule has 0 spiro atoms. The molecule has 0 heterocycles. The molecule has 0 atom stereocenters. The fraction of sp³-hybridized carbons (Fsp3) is 0.880. The van der Waals surface area contributed by atoms with Crippen LogP contribution in [0, 0.1) is 11.8 Å². The summed E-state index contributed by atoms with van der Waals surface area (Å²) in [4.78, 5) is 13.3. The molecule has 1 aliphatic rings. The van der Waals surface area contributed by atoms with Crippen molar-refractivity contribution in [1.82, 2.24) is 0 Å². The third-order valence-electron chi connectivity index (χ3n) is 23.0. The number of unbranched alkanes of at least 4 members (excludes halogenated alkanes) is 50. The predicted molar refractivity (Wildman–Crippen MR) is 543 cm³/mol. The van der Waals surface area contributed by atoms with Crippen LogP contribution < -0.4 is 0 Å². The second-order valence-electron chi connectivity index (χ2n) is 33.6. The molecule has 0 aliphatic heterocycles. The highest BCUT2D eigenvalue weighted by atomic mass is 32.3. The van der Waals surface area contributed by atoms with Crippen LogP contribution in [0.1, 0.15) is 480 Å². The highest BCUT2D eigenvalue weighted by Gasteiger charge is 2.49. The van der Waals surface area contributed by atoms with Crippen LogP contribution >= 0.6 is 141 Å². The third-order valence-corrected chi connectivity index (χ3v) is 42.0. The maximum Gasteiger partial charge on any atom is 0.114 e. The van der Waals surface area contributed by atoms with Gasteiger partial charge < -0.3 is 0 Å². The Labute approximate surface area is 753 Å². The molecule has 1 saturated carbocycles. The zero-order valence-corrected chi connectivity index (χ0v) is 85.5. The van der Waals surface area contributed by atoms with E-state index in [9.17, 15) is 0 Å². The van der Waals surface area contributed by atoms with Crippen molar-refractivity contribution in [3.05, 3.63) is 24.3 Å². The summed E-state index contributed by atoms with van der Waals surface area (Å²) in [5, 5.41) is 0. The van der Waals surface area contributed by atoms with Crippen molar-refractivity contribution in [2.45, 2.75) is 526 Å². The molecule has 2 aromatic carbocycles. The fourth-order valence-electron chi connectivity index (χ4n) is 15.7. The van der Waals surface area contributed by atoms with E-state index in [1.54, 1.807) is 39.2 Å². The average molecular weight is 1770 g/mol. The van der Waals surface area contributed by atoms with Gasteiger partial charge in [-0.3, -0.25) is 0 Å². The normalized spacial score (nSPS) is 14.3. The highest BCUT2D eigenvalue weighted by Crippen LogP contribution is 2.66. The van der Waals surface area contributed by atoms with E-state index < -0.39 is 0 Å². The van der Waals surface area contributed by atoms with Crippen LogP contribution in [0.2, 0.25) is 0 Å². The second-order valence-corrected chi connectivity index (χ2v) is 49.7. The van der Waals surface area contributed by atoms with Gasteiger partial charge in [0.1, 0.15) is 6.82 Å². The van der Waals surface area contributed by atoms with Gasteiger partial charge in [0, 0.05) is 39.2 Å². The Bertz CT molecular complexity index is 2140. The second kappa shape index (κ2) is 79.5. The maximum absolute atomic E-state index is 2.75. The van der Waals surface area contributed by atoms with E-state index in [0.717, 1.165) is 0 Å². The summed E-state index contributed by atoms with van der Waals surface area (Å²) in [6, 6.07) is 10.9. The van der Waals surface area contributed by atoms with Crippen molar-refractivity contribution in [3.8, 4) is 0 Å². The molecule has 0 saturated heterocycles. The topological polar surface area (TPSA) is 0 Å². The lowest BCUT2D eigenvalue weighted by Crippen LogP contribution is -2.37.